The Morgan fingerprint density at radius 2 is 1.59 bits per heavy atom. The van der Waals surface area contributed by atoms with E-state index in [0.29, 0.717) is 32.8 Å². The topological polar surface area (TPSA) is 36.0 Å². The summed E-state index contributed by atoms with van der Waals surface area (Å²) in [5.41, 5.74) is 0.856. The molecule has 2 aliphatic heterocycles. The molecule has 0 spiro atoms. The van der Waals surface area contributed by atoms with E-state index in [1.165, 1.54) is 32.4 Å². The number of carbonyl (C=O) groups is 1. The Balaban J connectivity index is 1.22. The molecule has 0 radical (unpaired) electrons. The van der Waals surface area contributed by atoms with Crippen molar-refractivity contribution in [3.63, 3.8) is 0 Å². The van der Waals surface area contributed by atoms with Crippen LogP contribution in [0.5, 0.6) is 5.75 Å². The Labute approximate surface area is 188 Å². The number of ether oxygens (including phenoxy) is 1. The van der Waals surface area contributed by atoms with Gasteiger partial charge in [-0.3, -0.25) is 4.79 Å². The summed E-state index contributed by atoms with van der Waals surface area (Å²) in [6.45, 7) is 6.44. The predicted octanol–water partition coefficient (Wildman–Crippen LogP) is 4.18. The van der Waals surface area contributed by atoms with Crippen LogP contribution in [0.4, 0.5) is 14.5 Å². The molecule has 2 aromatic carbocycles. The minimum Gasteiger partial charge on any atom is -0.494 e. The van der Waals surface area contributed by atoms with Gasteiger partial charge in [0.1, 0.15) is 17.4 Å². The molecule has 0 aromatic heterocycles. The number of halogens is 2. The zero-order valence-corrected chi connectivity index (χ0v) is 18.4. The molecule has 4 rings (SSSR count). The third-order valence-electron chi connectivity index (χ3n) is 6.26. The number of rotatable bonds is 7. The second-order valence-electron chi connectivity index (χ2n) is 8.50. The maximum absolute atomic E-state index is 13.9. The van der Waals surface area contributed by atoms with Crippen LogP contribution in [0.1, 0.15) is 36.0 Å². The van der Waals surface area contributed by atoms with Gasteiger partial charge >= 0.3 is 0 Å². The van der Waals surface area contributed by atoms with Gasteiger partial charge < -0.3 is 19.4 Å². The molecule has 7 heteroatoms. The van der Waals surface area contributed by atoms with Crippen LogP contribution in [-0.4, -0.2) is 68.1 Å². The molecular weight excluding hydrogens is 412 g/mol. The molecule has 0 unspecified atom stereocenters. The first-order valence-electron chi connectivity index (χ1n) is 11.5. The largest absolute Gasteiger partial charge is 0.494 e. The van der Waals surface area contributed by atoms with Gasteiger partial charge in [0.25, 0.3) is 5.91 Å². The number of likely N-dealkylation sites (tertiary alicyclic amines) is 1. The Bertz CT molecular complexity index is 893. The Hall–Kier alpha value is -2.67. The number of benzene rings is 2. The van der Waals surface area contributed by atoms with Crippen molar-refractivity contribution in [1.82, 2.24) is 9.80 Å². The van der Waals surface area contributed by atoms with Crippen molar-refractivity contribution in [3.8, 4) is 5.75 Å². The number of piperazine rings is 1. The molecule has 2 heterocycles. The molecule has 2 aromatic rings. The van der Waals surface area contributed by atoms with E-state index < -0.39 is 17.5 Å². The fourth-order valence-electron chi connectivity index (χ4n) is 4.41. The first kappa shape index (κ1) is 22.5. The van der Waals surface area contributed by atoms with Gasteiger partial charge in [-0.1, -0.05) is 6.42 Å². The van der Waals surface area contributed by atoms with Crippen LogP contribution < -0.4 is 9.64 Å². The smallest absolute Gasteiger partial charge is 0.257 e. The fraction of sp³-hybridized carbons (Fsp3) is 0.480. The predicted molar refractivity (Wildman–Crippen MR) is 121 cm³/mol. The highest BCUT2D eigenvalue weighted by Crippen LogP contribution is 2.22. The molecule has 2 fully saturated rings. The molecule has 2 aliphatic rings. The molecular formula is C25H31F2N3O2. The van der Waals surface area contributed by atoms with Crippen molar-refractivity contribution in [3.05, 3.63) is 59.7 Å². The average Bonchev–Trinajstić information content (AvgIpc) is 2.84. The second kappa shape index (κ2) is 10.8. The van der Waals surface area contributed by atoms with E-state index in [-0.39, 0.29) is 5.56 Å². The lowest BCUT2D eigenvalue weighted by Gasteiger charge is -2.36. The molecule has 1 amide bonds. The number of nitrogens with zero attached hydrogens (tertiary/aromatic N) is 3. The summed E-state index contributed by atoms with van der Waals surface area (Å²) in [7, 11) is 0. The van der Waals surface area contributed by atoms with Crippen LogP contribution in [0, 0.1) is 11.6 Å². The Kier molecular flexibility index (Phi) is 7.58. The quantitative estimate of drug-likeness (QED) is 0.602. The number of carbonyl (C=O) groups excluding carboxylic acids is 1. The van der Waals surface area contributed by atoms with Crippen molar-refractivity contribution in [2.24, 2.45) is 0 Å². The minimum absolute atomic E-state index is 0.208. The Morgan fingerprint density at radius 1 is 0.875 bits per heavy atom. The lowest BCUT2D eigenvalue weighted by molar-refractivity contribution is 0.0741. The van der Waals surface area contributed by atoms with Gasteiger partial charge in [0.15, 0.2) is 0 Å². The van der Waals surface area contributed by atoms with E-state index in [1.807, 2.05) is 24.3 Å². The summed E-state index contributed by atoms with van der Waals surface area (Å²) in [6, 6.07) is 11.0. The van der Waals surface area contributed by atoms with Crippen molar-refractivity contribution >= 4 is 11.6 Å². The molecule has 0 aliphatic carbocycles. The minimum atomic E-state index is -0.689. The van der Waals surface area contributed by atoms with Crippen molar-refractivity contribution in [1.29, 1.82) is 0 Å². The first-order chi connectivity index (χ1) is 15.6. The Morgan fingerprint density at radius 3 is 2.31 bits per heavy atom. The number of amides is 1. The molecule has 0 bridgehead atoms. The van der Waals surface area contributed by atoms with E-state index in [4.69, 9.17) is 4.74 Å². The van der Waals surface area contributed by atoms with Crippen LogP contribution in [0.2, 0.25) is 0 Å². The van der Waals surface area contributed by atoms with Gasteiger partial charge in [-0.15, -0.1) is 0 Å². The maximum Gasteiger partial charge on any atom is 0.257 e. The molecule has 0 atom stereocenters. The monoisotopic (exact) mass is 443 g/mol. The molecule has 32 heavy (non-hydrogen) atoms. The zero-order valence-electron chi connectivity index (χ0n) is 18.4. The highest BCUT2D eigenvalue weighted by atomic mass is 19.1. The summed E-state index contributed by atoms with van der Waals surface area (Å²) in [5.74, 6) is -0.898. The number of piperidine rings is 1. The summed E-state index contributed by atoms with van der Waals surface area (Å²) >= 11 is 0. The van der Waals surface area contributed by atoms with Crippen LogP contribution in [0.3, 0.4) is 0 Å². The maximum atomic E-state index is 13.9. The van der Waals surface area contributed by atoms with E-state index in [1.54, 1.807) is 4.90 Å². The summed E-state index contributed by atoms with van der Waals surface area (Å²) in [6.07, 6.45) is 5.01. The molecule has 0 N–H and O–H groups in total. The highest BCUT2D eigenvalue weighted by Gasteiger charge is 2.24. The van der Waals surface area contributed by atoms with Gasteiger partial charge in [-0.05, 0) is 74.8 Å². The lowest BCUT2D eigenvalue weighted by atomic mass is 10.1. The average molecular weight is 444 g/mol. The summed E-state index contributed by atoms with van der Waals surface area (Å²) in [5, 5.41) is 0. The third kappa shape index (κ3) is 5.76. The van der Waals surface area contributed by atoms with E-state index in [0.717, 1.165) is 42.6 Å². The van der Waals surface area contributed by atoms with Gasteiger partial charge in [-0.25, -0.2) is 8.78 Å². The SMILES string of the molecule is O=C(c1cc(F)ccc1F)N1CCN(c2ccc(OCCCN3CCCCC3)cc2)CC1. The van der Waals surface area contributed by atoms with Crippen LogP contribution in [0.15, 0.2) is 42.5 Å². The van der Waals surface area contributed by atoms with Crippen LogP contribution in [-0.2, 0) is 0 Å². The van der Waals surface area contributed by atoms with E-state index in [9.17, 15) is 13.6 Å². The fourth-order valence-corrected chi connectivity index (χ4v) is 4.41. The molecule has 2 saturated heterocycles. The van der Waals surface area contributed by atoms with Gasteiger partial charge in [-0.2, -0.15) is 0 Å². The number of hydrogen-bond donors (Lipinski definition) is 0. The third-order valence-corrected chi connectivity index (χ3v) is 6.26. The van der Waals surface area contributed by atoms with Crippen molar-refractivity contribution < 1.29 is 18.3 Å². The number of anilines is 1. The van der Waals surface area contributed by atoms with Crippen LogP contribution >= 0.6 is 0 Å². The second-order valence-corrected chi connectivity index (χ2v) is 8.50. The summed E-state index contributed by atoms with van der Waals surface area (Å²) < 4.78 is 33.2. The van der Waals surface area contributed by atoms with Crippen molar-refractivity contribution in [2.75, 3.05) is 57.3 Å². The standard InChI is InChI=1S/C25H31F2N3O2/c26-20-5-10-24(27)23(19-20)25(31)30-16-14-29(15-17-30)21-6-8-22(9-7-21)32-18-4-13-28-11-2-1-3-12-28/h5-10,19H,1-4,11-18H2. The van der Waals surface area contributed by atoms with Gasteiger partial charge in [0.2, 0.25) is 0 Å². The molecule has 0 saturated carbocycles. The van der Waals surface area contributed by atoms with Gasteiger partial charge in [0, 0.05) is 38.4 Å². The molecule has 5 nitrogen and oxygen atoms in total. The van der Waals surface area contributed by atoms with Gasteiger partial charge in [0.05, 0.1) is 12.2 Å². The van der Waals surface area contributed by atoms with E-state index in [2.05, 4.69) is 9.80 Å². The van der Waals surface area contributed by atoms with Crippen molar-refractivity contribution in [2.45, 2.75) is 25.7 Å². The molecule has 172 valence electrons. The van der Waals surface area contributed by atoms with Crippen LogP contribution in [0.25, 0.3) is 0 Å². The highest BCUT2D eigenvalue weighted by molar-refractivity contribution is 5.94. The normalized spacial score (nSPS) is 17.4. The first-order valence-corrected chi connectivity index (χ1v) is 11.5. The van der Waals surface area contributed by atoms with E-state index >= 15 is 0 Å². The lowest BCUT2D eigenvalue weighted by Crippen LogP contribution is -2.49. The summed E-state index contributed by atoms with van der Waals surface area (Å²) in [4.78, 5) is 18.8. The number of hydrogen-bond acceptors (Lipinski definition) is 4. The zero-order chi connectivity index (χ0) is 22.3.